The first-order valence-corrected chi connectivity index (χ1v) is 12.0. The van der Waals surface area contributed by atoms with Crippen molar-refractivity contribution in [1.82, 2.24) is 24.6 Å². The summed E-state index contributed by atoms with van der Waals surface area (Å²) >= 11 is 6.34. The van der Waals surface area contributed by atoms with Crippen LogP contribution in [-0.2, 0) is 13.1 Å². The van der Waals surface area contributed by atoms with Crippen LogP contribution in [0.5, 0.6) is 0 Å². The zero-order valence-electron chi connectivity index (χ0n) is 18.5. The Bertz CT molecular complexity index is 1220. The molecule has 0 atom stereocenters. The average Bonchev–Trinajstić information content (AvgIpc) is 3.62. The zero-order chi connectivity index (χ0) is 23.4. The number of aromatic nitrogens is 4. The molecule has 6 nitrogen and oxygen atoms in total. The number of rotatable bonds is 4. The van der Waals surface area contributed by atoms with Gasteiger partial charge in [0, 0.05) is 36.6 Å². The molecular formula is C24H24ClF3N6. The van der Waals surface area contributed by atoms with Crippen molar-refractivity contribution < 1.29 is 13.2 Å². The Morgan fingerprint density at radius 2 is 1.76 bits per heavy atom. The van der Waals surface area contributed by atoms with Crippen LogP contribution in [0.1, 0.15) is 60.9 Å². The van der Waals surface area contributed by atoms with Crippen molar-refractivity contribution >= 4 is 17.4 Å². The first-order valence-electron chi connectivity index (χ1n) is 11.6. The third-order valence-electron chi connectivity index (χ3n) is 7.07. The van der Waals surface area contributed by atoms with Gasteiger partial charge >= 0.3 is 0 Å². The van der Waals surface area contributed by atoms with Crippen molar-refractivity contribution in [2.24, 2.45) is 0 Å². The summed E-state index contributed by atoms with van der Waals surface area (Å²) in [6.07, 6.45) is 1.03. The summed E-state index contributed by atoms with van der Waals surface area (Å²) in [4.78, 5) is 8.27. The van der Waals surface area contributed by atoms with E-state index in [9.17, 15) is 13.2 Å². The highest BCUT2D eigenvalue weighted by molar-refractivity contribution is 6.30. The Hall–Kier alpha value is -2.65. The van der Waals surface area contributed by atoms with Gasteiger partial charge < -0.3 is 4.90 Å². The van der Waals surface area contributed by atoms with Crippen LogP contribution >= 0.6 is 11.6 Å². The van der Waals surface area contributed by atoms with Crippen molar-refractivity contribution in [2.45, 2.75) is 57.2 Å². The molecule has 2 fully saturated rings. The number of anilines is 1. The van der Waals surface area contributed by atoms with E-state index in [2.05, 4.69) is 24.6 Å². The van der Waals surface area contributed by atoms with E-state index in [0.717, 1.165) is 54.4 Å². The van der Waals surface area contributed by atoms with E-state index in [1.54, 1.807) is 0 Å². The number of hydrogen-bond donors (Lipinski definition) is 0. The summed E-state index contributed by atoms with van der Waals surface area (Å²) < 4.78 is 42.0. The summed E-state index contributed by atoms with van der Waals surface area (Å²) in [6.45, 7) is 2.83. The molecule has 178 valence electrons. The Balaban J connectivity index is 1.27. The average molecular weight is 489 g/mol. The molecule has 1 saturated heterocycles. The predicted molar refractivity (Wildman–Crippen MR) is 122 cm³/mol. The van der Waals surface area contributed by atoms with Gasteiger partial charge in [-0.3, -0.25) is 9.47 Å². The number of hydrogen-bond acceptors (Lipinski definition) is 5. The van der Waals surface area contributed by atoms with Crippen LogP contribution in [0.3, 0.4) is 0 Å². The minimum Gasteiger partial charge on any atom is -0.357 e. The second-order valence-electron chi connectivity index (χ2n) is 9.32. The Morgan fingerprint density at radius 1 is 0.971 bits per heavy atom. The van der Waals surface area contributed by atoms with E-state index < -0.39 is 17.9 Å². The Kier molecular flexibility index (Phi) is 5.49. The molecule has 3 aromatic rings. The van der Waals surface area contributed by atoms with Crippen LogP contribution in [0.2, 0.25) is 5.02 Å². The van der Waals surface area contributed by atoms with E-state index in [-0.39, 0.29) is 5.92 Å². The highest BCUT2D eigenvalue weighted by Gasteiger charge is 2.35. The Labute approximate surface area is 200 Å². The van der Waals surface area contributed by atoms with Crippen LogP contribution in [0, 0.1) is 5.82 Å². The number of nitrogens with zero attached hydrogens (tertiary/aromatic N) is 6. The van der Waals surface area contributed by atoms with Gasteiger partial charge in [0.15, 0.2) is 11.6 Å². The third-order valence-corrected chi connectivity index (χ3v) is 7.30. The lowest BCUT2D eigenvalue weighted by Gasteiger charge is -2.32. The van der Waals surface area contributed by atoms with E-state index in [1.165, 1.54) is 24.5 Å². The van der Waals surface area contributed by atoms with Crippen molar-refractivity contribution in [2.75, 3.05) is 18.0 Å². The number of fused-ring (bicyclic) bond motifs is 3. The number of pyridine rings is 1. The summed E-state index contributed by atoms with van der Waals surface area (Å²) in [5.74, 6) is 1.45. The molecule has 0 unspecified atom stereocenters. The molecule has 1 aliphatic carbocycles. The highest BCUT2D eigenvalue weighted by Crippen LogP contribution is 2.37. The van der Waals surface area contributed by atoms with Crippen LogP contribution in [0.25, 0.3) is 5.69 Å². The largest absolute Gasteiger partial charge is 0.357 e. The van der Waals surface area contributed by atoms with Gasteiger partial charge in [0.25, 0.3) is 6.43 Å². The van der Waals surface area contributed by atoms with Gasteiger partial charge in [0.1, 0.15) is 17.3 Å². The van der Waals surface area contributed by atoms with E-state index in [1.807, 2.05) is 23.1 Å². The summed E-state index contributed by atoms with van der Waals surface area (Å²) in [7, 11) is 0. The first-order chi connectivity index (χ1) is 16.5. The molecule has 3 aliphatic rings. The topological polar surface area (TPSA) is 50.1 Å². The van der Waals surface area contributed by atoms with Gasteiger partial charge in [-0.15, -0.1) is 10.2 Å². The smallest absolute Gasteiger partial charge is 0.283 e. The maximum Gasteiger partial charge on any atom is 0.283 e. The highest BCUT2D eigenvalue weighted by atomic mass is 35.5. The van der Waals surface area contributed by atoms with Gasteiger partial charge in [0.2, 0.25) is 0 Å². The van der Waals surface area contributed by atoms with Crippen molar-refractivity contribution in [3.05, 3.63) is 64.1 Å². The molecule has 0 N–H and O–H groups in total. The number of alkyl halides is 2. The molecule has 1 saturated carbocycles. The van der Waals surface area contributed by atoms with Gasteiger partial charge in [-0.1, -0.05) is 11.6 Å². The molecule has 0 spiro atoms. The normalized spacial score (nSPS) is 19.3. The second kappa shape index (κ2) is 8.53. The van der Waals surface area contributed by atoms with Gasteiger partial charge in [-0.25, -0.2) is 18.2 Å². The molecule has 34 heavy (non-hydrogen) atoms. The molecule has 0 amide bonds. The van der Waals surface area contributed by atoms with E-state index in [0.29, 0.717) is 24.9 Å². The van der Waals surface area contributed by atoms with Crippen LogP contribution in [0.4, 0.5) is 19.0 Å². The molecule has 0 radical (unpaired) electrons. The third kappa shape index (κ3) is 3.94. The minimum absolute atomic E-state index is 0.170. The standard InChI is InChI=1S/C24H24ClF3N6/c25-16-1-5-19-15(11-16)12-33(17-2-3-17)13-21-30-31-24(34(19)21)14-7-9-32(10-8-14)20-6-4-18(26)22(29-20)23(27)28/h1,4-6,11,14,17,23H,2-3,7-10,12-13H2. The molecule has 2 aliphatic heterocycles. The van der Waals surface area contributed by atoms with Crippen LogP contribution in [-0.4, -0.2) is 43.8 Å². The SMILES string of the molecule is Fc1ccc(N2CCC(c3nnc4n3-c3ccc(Cl)cc3CN(C3CC3)C4)CC2)nc1C(F)F. The van der Waals surface area contributed by atoms with Crippen LogP contribution < -0.4 is 4.90 Å². The quantitative estimate of drug-likeness (QED) is 0.502. The fourth-order valence-electron chi connectivity index (χ4n) is 5.16. The lowest BCUT2D eigenvalue weighted by atomic mass is 9.95. The summed E-state index contributed by atoms with van der Waals surface area (Å²) in [5.41, 5.74) is 1.45. The Morgan fingerprint density at radius 3 is 2.50 bits per heavy atom. The van der Waals surface area contributed by atoms with E-state index >= 15 is 0 Å². The molecule has 4 heterocycles. The monoisotopic (exact) mass is 488 g/mol. The molecule has 6 rings (SSSR count). The van der Waals surface area contributed by atoms with Crippen LogP contribution in [0.15, 0.2) is 30.3 Å². The maximum atomic E-state index is 13.7. The number of piperidine rings is 1. The lowest BCUT2D eigenvalue weighted by molar-refractivity contribution is 0.140. The molecule has 10 heteroatoms. The second-order valence-corrected chi connectivity index (χ2v) is 9.75. The first kappa shape index (κ1) is 21.9. The van der Waals surface area contributed by atoms with Gasteiger partial charge in [-0.05, 0) is 61.6 Å². The molecule has 0 bridgehead atoms. The minimum atomic E-state index is -2.94. The lowest BCUT2D eigenvalue weighted by Crippen LogP contribution is -2.34. The number of benzene rings is 1. The fourth-order valence-corrected chi connectivity index (χ4v) is 5.35. The fraction of sp³-hybridized carbons (Fsp3) is 0.458. The van der Waals surface area contributed by atoms with Crippen molar-refractivity contribution in [3.8, 4) is 5.69 Å². The molecule has 2 aromatic heterocycles. The van der Waals surface area contributed by atoms with E-state index in [4.69, 9.17) is 11.6 Å². The molecule has 1 aromatic carbocycles. The van der Waals surface area contributed by atoms with Crippen molar-refractivity contribution in [3.63, 3.8) is 0 Å². The molecular weight excluding hydrogens is 465 g/mol. The summed E-state index contributed by atoms with van der Waals surface area (Å²) in [6, 6.07) is 9.12. The van der Waals surface area contributed by atoms with Gasteiger partial charge in [-0.2, -0.15) is 0 Å². The maximum absolute atomic E-state index is 13.7. The number of halogens is 4. The zero-order valence-corrected chi connectivity index (χ0v) is 19.2. The summed E-state index contributed by atoms with van der Waals surface area (Å²) in [5, 5.41) is 9.91. The predicted octanol–water partition coefficient (Wildman–Crippen LogP) is 5.25. The van der Waals surface area contributed by atoms with Crippen molar-refractivity contribution in [1.29, 1.82) is 0 Å². The van der Waals surface area contributed by atoms with Gasteiger partial charge in [0.05, 0.1) is 12.2 Å².